The number of likely N-dealkylation sites (tertiary alicyclic amines) is 1. The summed E-state index contributed by atoms with van der Waals surface area (Å²) in [5.74, 6) is 1.91. The van der Waals surface area contributed by atoms with Gasteiger partial charge in [0.25, 0.3) is 0 Å². The second-order valence-electron chi connectivity index (χ2n) is 6.30. The standard InChI is InChI=1S/C15H29N3O/c1-12(13-5-6-13)11-17-14(10-16)9-15(19)18-7-3-2-4-8-18/h12-14,17H,2-11,16H2,1H3. The van der Waals surface area contributed by atoms with E-state index in [0.717, 1.165) is 44.3 Å². The monoisotopic (exact) mass is 267 g/mol. The van der Waals surface area contributed by atoms with Crippen molar-refractivity contribution < 1.29 is 4.79 Å². The Hall–Kier alpha value is -0.610. The minimum atomic E-state index is 0.149. The molecule has 2 fully saturated rings. The zero-order valence-corrected chi connectivity index (χ0v) is 12.2. The third-order valence-electron chi connectivity index (χ3n) is 4.57. The van der Waals surface area contributed by atoms with Gasteiger partial charge in [0, 0.05) is 32.1 Å². The van der Waals surface area contributed by atoms with Crippen molar-refractivity contribution in [1.29, 1.82) is 0 Å². The predicted octanol–water partition coefficient (Wildman–Crippen LogP) is 1.35. The number of piperidine rings is 1. The van der Waals surface area contributed by atoms with Crippen LogP contribution in [0.5, 0.6) is 0 Å². The van der Waals surface area contributed by atoms with E-state index >= 15 is 0 Å². The Morgan fingerprint density at radius 2 is 2.00 bits per heavy atom. The molecule has 0 bridgehead atoms. The zero-order valence-electron chi connectivity index (χ0n) is 12.2. The number of carbonyl (C=O) groups excluding carboxylic acids is 1. The summed E-state index contributed by atoms with van der Waals surface area (Å²) in [7, 11) is 0. The lowest BCUT2D eigenvalue weighted by Gasteiger charge is -2.29. The summed E-state index contributed by atoms with van der Waals surface area (Å²) in [6.07, 6.45) is 6.90. The van der Waals surface area contributed by atoms with Crippen molar-refractivity contribution in [3.8, 4) is 0 Å². The molecule has 2 rings (SSSR count). The van der Waals surface area contributed by atoms with Gasteiger partial charge in [0.05, 0.1) is 0 Å². The van der Waals surface area contributed by atoms with Gasteiger partial charge in [-0.25, -0.2) is 0 Å². The molecule has 110 valence electrons. The lowest BCUT2D eigenvalue weighted by molar-refractivity contribution is -0.132. The van der Waals surface area contributed by atoms with Gasteiger partial charge in [-0.1, -0.05) is 6.92 Å². The van der Waals surface area contributed by atoms with Crippen molar-refractivity contribution in [1.82, 2.24) is 10.2 Å². The van der Waals surface area contributed by atoms with Gasteiger partial charge in [0.2, 0.25) is 5.91 Å². The van der Waals surface area contributed by atoms with Crippen molar-refractivity contribution in [2.24, 2.45) is 17.6 Å². The van der Waals surface area contributed by atoms with Gasteiger partial charge in [0.15, 0.2) is 0 Å². The second-order valence-corrected chi connectivity index (χ2v) is 6.30. The Balaban J connectivity index is 1.69. The van der Waals surface area contributed by atoms with Crippen LogP contribution in [0.25, 0.3) is 0 Å². The number of nitrogens with zero attached hydrogens (tertiary/aromatic N) is 1. The van der Waals surface area contributed by atoms with Gasteiger partial charge >= 0.3 is 0 Å². The van der Waals surface area contributed by atoms with Gasteiger partial charge in [-0.05, 0) is 50.5 Å². The molecule has 1 aliphatic carbocycles. The van der Waals surface area contributed by atoms with Crippen LogP contribution in [0.2, 0.25) is 0 Å². The number of carbonyl (C=O) groups is 1. The maximum atomic E-state index is 12.2. The maximum Gasteiger partial charge on any atom is 0.224 e. The highest BCUT2D eigenvalue weighted by Gasteiger charge is 2.28. The molecule has 1 heterocycles. The molecule has 0 aromatic heterocycles. The van der Waals surface area contributed by atoms with Crippen LogP contribution in [-0.2, 0) is 4.79 Å². The topological polar surface area (TPSA) is 58.4 Å². The Morgan fingerprint density at radius 3 is 2.58 bits per heavy atom. The lowest BCUT2D eigenvalue weighted by atomic mass is 10.1. The van der Waals surface area contributed by atoms with E-state index in [0.29, 0.717) is 13.0 Å². The van der Waals surface area contributed by atoms with Crippen LogP contribution in [0.1, 0.15) is 45.4 Å². The fourth-order valence-electron chi connectivity index (χ4n) is 2.91. The number of nitrogens with two attached hydrogens (primary N) is 1. The summed E-state index contributed by atoms with van der Waals surface area (Å²) < 4.78 is 0. The molecule has 2 atom stereocenters. The first kappa shape index (κ1) is 14.8. The van der Waals surface area contributed by atoms with E-state index in [1.54, 1.807) is 0 Å². The molecule has 4 heteroatoms. The fraction of sp³-hybridized carbons (Fsp3) is 0.933. The Kier molecular flexibility index (Phi) is 5.64. The van der Waals surface area contributed by atoms with Gasteiger partial charge in [0.1, 0.15) is 0 Å². The number of hydrogen-bond acceptors (Lipinski definition) is 3. The van der Waals surface area contributed by atoms with Crippen molar-refractivity contribution in [2.75, 3.05) is 26.2 Å². The highest BCUT2D eigenvalue weighted by atomic mass is 16.2. The van der Waals surface area contributed by atoms with Crippen molar-refractivity contribution >= 4 is 5.91 Å². The third-order valence-corrected chi connectivity index (χ3v) is 4.57. The Bertz CT molecular complexity index is 285. The first-order valence-electron chi connectivity index (χ1n) is 7.92. The highest BCUT2D eigenvalue weighted by molar-refractivity contribution is 5.76. The molecule has 0 spiro atoms. The maximum absolute atomic E-state index is 12.2. The number of hydrogen-bond donors (Lipinski definition) is 2. The van der Waals surface area contributed by atoms with Crippen molar-refractivity contribution in [3.05, 3.63) is 0 Å². The third kappa shape index (κ3) is 4.77. The van der Waals surface area contributed by atoms with Crippen LogP contribution in [0.15, 0.2) is 0 Å². The van der Waals surface area contributed by atoms with E-state index in [9.17, 15) is 4.79 Å². The fourth-order valence-corrected chi connectivity index (χ4v) is 2.91. The first-order chi connectivity index (χ1) is 9.20. The average Bonchev–Trinajstić information content (AvgIpc) is 3.28. The van der Waals surface area contributed by atoms with E-state index in [2.05, 4.69) is 12.2 Å². The average molecular weight is 267 g/mol. The van der Waals surface area contributed by atoms with Gasteiger partial charge in [-0.15, -0.1) is 0 Å². The number of amides is 1. The largest absolute Gasteiger partial charge is 0.343 e. The molecule has 1 amide bonds. The van der Waals surface area contributed by atoms with E-state index in [-0.39, 0.29) is 11.9 Å². The van der Waals surface area contributed by atoms with Gasteiger partial charge in [-0.2, -0.15) is 0 Å². The molecule has 1 aliphatic heterocycles. The zero-order chi connectivity index (χ0) is 13.7. The minimum absolute atomic E-state index is 0.149. The highest BCUT2D eigenvalue weighted by Crippen LogP contribution is 2.36. The van der Waals surface area contributed by atoms with E-state index < -0.39 is 0 Å². The molecular formula is C15H29N3O. The summed E-state index contributed by atoms with van der Waals surface area (Å²) in [6.45, 7) is 5.73. The summed E-state index contributed by atoms with van der Waals surface area (Å²) in [5.41, 5.74) is 5.80. The van der Waals surface area contributed by atoms with Gasteiger partial charge < -0.3 is 16.0 Å². The molecule has 1 saturated heterocycles. The van der Waals surface area contributed by atoms with Gasteiger partial charge in [-0.3, -0.25) is 4.79 Å². The van der Waals surface area contributed by atoms with Crippen molar-refractivity contribution in [2.45, 2.75) is 51.5 Å². The minimum Gasteiger partial charge on any atom is -0.343 e. The van der Waals surface area contributed by atoms with Crippen LogP contribution in [0.4, 0.5) is 0 Å². The van der Waals surface area contributed by atoms with Crippen molar-refractivity contribution in [3.63, 3.8) is 0 Å². The summed E-state index contributed by atoms with van der Waals surface area (Å²) in [5, 5.41) is 3.49. The van der Waals surface area contributed by atoms with Crippen LogP contribution >= 0.6 is 0 Å². The molecule has 4 nitrogen and oxygen atoms in total. The molecule has 2 aliphatic rings. The number of rotatable bonds is 7. The predicted molar refractivity (Wildman–Crippen MR) is 77.8 cm³/mol. The molecule has 3 N–H and O–H groups in total. The molecular weight excluding hydrogens is 238 g/mol. The second kappa shape index (κ2) is 7.25. The summed E-state index contributed by atoms with van der Waals surface area (Å²) in [6, 6.07) is 0.149. The van der Waals surface area contributed by atoms with Crippen LogP contribution in [-0.4, -0.2) is 43.0 Å². The lowest BCUT2D eigenvalue weighted by Crippen LogP contribution is -2.44. The summed E-state index contributed by atoms with van der Waals surface area (Å²) in [4.78, 5) is 14.2. The first-order valence-corrected chi connectivity index (χ1v) is 7.92. The smallest absolute Gasteiger partial charge is 0.224 e. The molecule has 1 saturated carbocycles. The SMILES string of the molecule is CC(CNC(CN)CC(=O)N1CCCCC1)C1CC1. The Morgan fingerprint density at radius 1 is 1.32 bits per heavy atom. The molecule has 0 aromatic carbocycles. The normalized spacial score (nSPS) is 23.2. The van der Waals surface area contributed by atoms with E-state index in [1.165, 1.54) is 19.3 Å². The Labute approximate surface area is 117 Å². The van der Waals surface area contributed by atoms with E-state index in [4.69, 9.17) is 5.73 Å². The molecule has 2 unspecified atom stereocenters. The van der Waals surface area contributed by atoms with E-state index in [1.807, 2.05) is 4.90 Å². The molecule has 0 radical (unpaired) electrons. The summed E-state index contributed by atoms with van der Waals surface area (Å²) >= 11 is 0. The van der Waals surface area contributed by atoms with Crippen LogP contribution in [0, 0.1) is 11.8 Å². The number of nitrogens with one attached hydrogen (secondary N) is 1. The molecule has 0 aromatic rings. The van der Waals surface area contributed by atoms with Crippen LogP contribution in [0.3, 0.4) is 0 Å². The van der Waals surface area contributed by atoms with Crippen LogP contribution < -0.4 is 11.1 Å². The molecule has 19 heavy (non-hydrogen) atoms. The quantitative estimate of drug-likeness (QED) is 0.732.